The van der Waals surface area contributed by atoms with Gasteiger partial charge in [0.05, 0.1) is 17.5 Å². The lowest BCUT2D eigenvalue weighted by Gasteiger charge is -2.45. The van der Waals surface area contributed by atoms with Crippen LogP contribution in [0, 0.1) is 5.82 Å². The van der Waals surface area contributed by atoms with E-state index in [1.807, 2.05) is 0 Å². The fourth-order valence-corrected chi connectivity index (χ4v) is 9.41. The van der Waals surface area contributed by atoms with Crippen LogP contribution < -0.4 is 0 Å². The SMILES string of the molecule is C[C@@H]1CN(C(=O)N2CC[C@@]3(S(=O)(=O)c4ccc(F)cc4)c4ccc(C(F)(C(F)(F)F)C(F)(F)F)cc4CC[C@@H]23)CCN1CC(=O)O. The molecule has 5 rings (SSSR count). The second-order valence-electron chi connectivity index (χ2n) is 11.8. The van der Waals surface area contributed by atoms with E-state index < -0.39 is 62.0 Å². The highest BCUT2D eigenvalue weighted by atomic mass is 32.2. The Morgan fingerprint density at radius 1 is 0.957 bits per heavy atom. The van der Waals surface area contributed by atoms with Crippen LogP contribution in [0.4, 0.5) is 39.9 Å². The number of halogens is 8. The van der Waals surface area contributed by atoms with E-state index in [0.717, 1.165) is 30.3 Å². The summed E-state index contributed by atoms with van der Waals surface area (Å²) in [5, 5.41) is 9.16. The van der Waals surface area contributed by atoms with Gasteiger partial charge in [0.1, 0.15) is 10.6 Å². The molecule has 0 aromatic heterocycles. The average Bonchev–Trinajstić information content (AvgIpc) is 3.37. The van der Waals surface area contributed by atoms with Gasteiger partial charge >= 0.3 is 30.0 Å². The highest BCUT2D eigenvalue weighted by Crippen LogP contribution is 2.56. The molecular weight excluding hydrogens is 654 g/mol. The van der Waals surface area contributed by atoms with Gasteiger partial charge in [-0.3, -0.25) is 9.69 Å². The molecule has 3 aliphatic rings. The van der Waals surface area contributed by atoms with Crippen LogP contribution in [0.5, 0.6) is 0 Å². The van der Waals surface area contributed by atoms with Crippen LogP contribution in [0.2, 0.25) is 0 Å². The van der Waals surface area contributed by atoms with Crippen molar-refractivity contribution in [3.8, 4) is 0 Å². The third-order valence-corrected chi connectivity index (χ3v) is 11.8. The lowest BCUT2D eigenvalue weighted by molar-refractivity contribution is -0.348. The number of benzene rings is 2. The maximum Gasteiger partial charge on any atom is 0.435 e. The van der Waals surface area contributed by atoms with Crippen LogP contribution in [0.15, 0.2) is 47.4 Å². The number of piperazine rings is 1. The van der Waals surface area contributed by atoms with E-state index in [-0.39, 0.29) is 80.1 Å². The van der Waals surface area contributed by atoms with Crippen molar-refractivity contribution >= 4 is 21.8 Å². The summed E-state index contributed by atoms with van der Waals surface area (Å²) in [5.74, 6) is -1.82. The van der Waals surface area contributed by atoms with Crippen LogP contribution in [0.25, 0.3) is 0 Å². The Hall–Kier alpha value is -3.47. The summed E-state index contributed by atoms with van der Waals surface area (Å²) < 4.78 is 137. The zero-order valence-electron chi connectivity index (χ0n) is 24.2. The molecule has 0 spiro atoms. The summed E-state index contributed by atoms with van der Waals surface area (Å²) in [6, 6.07) is 3.07. The van der Waals surface area contributed by atoms with Gasteiger partial charge < -0.3 is 14.9 Å². The molecule has 2 saturated heterocycles. The predicted octanol–water partition coefficient (Wildman–Crippen LogP) is 5.02. The normalized spacial score (nSPS) is 24.5. The fourth-order valence-electron chi connectivity index (χ4n) is 7.04. The van der Waals surface area contributed by atoms with Crippen molar-refractivity contribution in [1.82, 2.24) is 14.7 Å². The number of hydrogen-bond donors (Lipinski definition) is 1. The third kappa shape index (κ3) is 5.18. The molecule has 0 unspecified atom stereocenters. The van der Waals surface area contributed by atoms with Crippen molar-refractivity contribution in [3.05, 3.63) is 65.0 Å². The summed E-state index contributed by atoms with van der Waals surface area (Å²) in [4.78, 5) is 29.1. The largest absolute Gasteiger partial charge is 0.480 e. The van der Waals surface area contributed by atoms with E-state index in [2.05, 4.69) is 0 Å². The van der Waals surface area contributed by atoms with Gasteiger partial charge in [0, 0.05) is 37.8 Å². The highest BCUT2D eigenvalue weighted by molar-refractivity contribution is 7.92. The van der Waals surface area contributed by atoms with Crippen molar-refractivity contribution in [2.75, 3.05) is 32.7 Å². The number of fused-ring (bicyclic) bond motifs is 3. The lowest BCUT2D eigenvalue weighted by Crippen LogP contribution is -2.59. The van der Waals surface area contributed by atoms with Crippen molar-refractivity contribution < 1.29 is 58.2 Å². The highest BCUT2D eigenvalue weighted by Gasteiger charge is 2.74. The van der Waals surface area contributed by atoms with E-state index >= 15 is 4.39 Å². The first-order chi connectivity index (χ1) is 21.3. The number of carbonyl (C=O) groups excluding carboxylic acids is 1. The second kappa shape index (κ2) is 11.3. The van der Waals surface area contributed by atoms with Crippen LogP contribution in [-0.4, -0.2) is 97.4 Å². The maximum atomic E-state index is 15.0. The Kier molecular flexibility index (Phi) is 8.36. The van der Waals surface area contributed by atoms with E-state index in [4.69, 9.17) is 5.11 Å². The fraction of sp³-hybridized carbons (Fsp3) is 0.517. The first-order valence-corrected chi connectivity index (χ1v) is 15.7. The number of aliphatic carboxylic acids is 1. The van der Waals surface area contributed by atoms with Gasteiger partial charge in [-0.05, 0) is 61.6 Å². The van der Waals surface area contributed by atoms with Crippen molar-refractivity contribution in [2.45, 2.75) is 65.9 Å². The third-order valence-electron chi connectivity index (χ3n) is 9.29. The lowest BCUT2D eigenvalue weighted by atomic mass is 9.77. The molecule has 2 aromatic rings. The Bertz CT molecular complexity index is 1620. The number of carboxylic acid groups (broad SMARTS) is 1. The van der Waals surface area contributed by atoms with E-state index in [1.54, 1.807) is 11.8 Å². The topological polar surface area (TPSA) is 98.2 Å². The quantitative estimate of drug-likeness (QED) is 0.352. The zero-order chi connectivity index (χ0) is 34.0. The number of aryl methyl sites for hydroxylation is 1. The summed E-state index contributed by atoms with van der Waals surface area (Å²) in [6.45, 7) is 1.75. The number of carboxylic acids is 1. The number of sulfone groups is 1. The molecule has 2 fully saturated rings. The van der Waals surface area contributed by atoms with Crippen molar-refractivity contribution in [3.63, 3.8) is 0 Å². The summed E-state index contributed by atoms with van der Waals surface area (Å²) in [5.41, 5.74) is -7.90. The molecule has 0 radical (unpaired) electrons. The van der Waals surface area contributed by atoms with Crippen LogP contribution in [0.1, 0.15) is 36.5 Å². The molecule has 2 heterocycles. The van der Waals surface area contributed by atoms with E-state index in [1.165, 1.54) is 9.80 Å². The van der Waals surface area contributed by atoms with Gasteiger partial charge in [0.15, 0.2) is 9.84 Å². The molecule has 1 aliphatic carbocycles. The predicted molar refractivity (Wildman–Crippen MR) is 146 cm³/mol. The van der Waals surface area contributed by atoms with Gasteiger partial charge in [-0.1, -0.05) is 18.2 Å². The molecule has 0 saturated carbocycles. The monoisotopic (exact) mass is 683 g/mol. The summed E-state index contributed by atoms with van der Waals surface area (Å²) >= 11 is 0. The number of rotatable bonds is 5. The van der Waals surface area contributed by atoms with Gasteiger partial charge in [0.2, 0.25) is 0 Å². The standard InChI is InChI=1S/C29H29F8N3O5S/c1-17-15-39(13-12-38(17)16-24(41)42)25(43)40-11-10-26(46(44,45)21-6-4-20(30)5-7-21)22-8-3-19(14-18(22)2-9-23(26)40)27(31,28(32,33)34)29(35,36)37/h3-8,14,17,23H,2,9-13,15-16H2,1H3,(H,41,42)/t17-,23-,26-/m1/s1. The van der Waals surface area contributed by atoms with Gasteiger partial charge in [-0.25, -0.2) is 22.0 Å². The Balaban J connectivity index is 1.60. The van der Waals surface area contributed by atoms with Gasteiger partial charge in [-0.15, -0.1) is 0 Å². The molecule has 252 valence electrons. The summed E-state index contributed by atoms with van der Waals surface area (Å²) in [6.07, 6.45) is -13.5. The molecule has 3 atom stereocenters. The van der Waals surface area contributed by atoms with E-state index in [0.29, 0.717) is 6.07 Å². The van der Waals surface area contributed by atoms with Crippen molar-refractivity contribution in [1.29, 1.82) is 0 Å². The average molecular weight is 684 g/mol. The molecule has 17 heteroatoms. The van der Waals surface area contributed by atoms with E-state index in [9.17, 15) is 48.7 Å². The maximum absolute atomic E-state index is 15.0. The van der Waals surface area contributed by atoms with Gasteiger partial charge in [0.25, 0.3) is 0 Å². The first kappa shape index (κ1) is 33.9. The molecule has 46 heavy (non-hydrogen) atoms. The number of alkyl halides is 7. The Morgan fingerprint density at radius 3 is 2.15 bits per heavy atom. The number of likely N-dealkylation sites (tertiary alicyclic amines) is 1. The zero-order valence-corrected chi connectivity index (χ0v) is 25.0. The number of urea groups is 1. The minimum absolute atomic E-state index is 0.112. The van der Waals surface area contributed by atoms with Crippen LogP contribution in [-0.2, 0) is 31.5 Å². The Morgan fingerprint density at radius 2 is 1.59 bits per heavy atom. The number of nitrogens with zero attached hydrogens (tertiary/aromatic N) is 3. The van der Waals surface area contributed by atoms with Crippen LogP contribution >= 0.6 is 0 Å². The minimum Gasteiger partial charge on any atom is -0.480 e. The molecule has 2 aliphatic heterocycles. The number of carbonyl (C=O) groups is 2. The van der Waals surface area contributed by atoms with Crippen molar-refractivity contribution in [2.24, 2.45) is 0 Å². The minimum atomic E-state index is -6.38. The smallest absolute Gasteiger partial charge is 0.435 e. The molecule has 1 N–H and O–H groups in total. The molecule has 2 amide bonds. The second-order valence-corrected chi connectivity index (χ2v) is 14.0. The molecular formula is C29H29F8N3O5S. The molecule has 2 aromatic carbocycles. The molecule has 8 nitrogen and oxygen atoms in total. The number of hydrogen-bond acceptors (Lipinski definition) is 5. The van der Waals surface area contributed by atoms with Gasteiger partial charge in [-0.2, -0.15) is 26.3 Å². The summed E-state index contributed by atoms with van der Waals surface area (Å²) in [7, 11) is -4.62. The number of amides is 2. The van der Waals surface area contributed by atoms with Crippen LogP contribution in [0.3, 0.4) is 0 Å². The first-order valence-electron chi connectivity index (χ1n) is 14.2. The molecule has 0 bridgehead atoms. The Labute approximate surface area is 258 Å².